The minimum atomic E-state index is -0.0617. The molecular formula is C11H17N5O2. The number of rotatable bonds is 3. The molecule has 0 saturated carbocycles. The van der Waals surface area contributed by atoms with Crippen LogP contribution in [0.4, 0.5) is 0 Å². The van der Waals surface area contributed by atoms with Crippen molar-refractivity contribution in [2.45, 2.75) is 18.9 Å². The summed E-state index contributed by atoms with van der Waals surface area (Å²) < 4.78 is 5.73. The topological polar surface area (TPSA) is 96.9 Å². The van der Waals surface area contributed by atoms with E-state index in [1.807, 2.05) is 0 Å². The molecule has 1 aliphatic rings. The molecule has 0 radical (unpaired) electrons. The van der Waals surface area contributed by atoms with Gasteiger partial charge in [-0.05, 0) is 19.9 Å². The molecule has 2 heterocycles. The molecule has 0 atom stereocenters. The molecule has 0 spiro atoms. The highest BCUT2D eigenvalue weighted by molar-refractivity contribution is 5.94. The number of nitrogens with two attached hydrogens (primary N) is 1. The Kier molecular flexibility index (Phi) is 3.93. The monoisotopic (exact) mass is 251 g/mol. The molecule has 0 bridgehead atoms. The summed E-state index contributed by atoms with van der Waals surface area (Å²) in [5, 5.41) is 11.4. The van der Waals surface area contributed by atoms with Crippen LogP contribution in [0.15, 0.2) is 17.5 Å². The van der Waals surface area contributed by atoms with Crippen molar-refractivity contribution in [1.29, 1.82) is 0 Å². The molecule has 1 aromatic rings. The predicted molar refractivity (Wildman–Crippen MR) is 65.7 cm³/mol. The van der Waals surface area contributed by atoms with E-state index in [0.29, 0.717) is 11.6 Å². The molecule has 1 aromatic heterocycles. The molecule has 3 N–H and O–H groups in total. The van der Waals surface area contributed by atoms with Gasteiger partial charge >= 0.3 is 0 Å². The smallest absolute Gasteiger partial charge is 0.232 e. The minimum absolute atomic E-state index is 0.0617. The van der Waals surface area contributed by atoms with E-state index in [0.717, 1.165) is 25.9 Å². The van der Waals surface area contributed by atoms with Gasteiger partial charge in [0.2, 0.25) is 5.88 Å². The quantitative estimate of drug-likeness (QED) is 0.341. The highest BCUT2D eigenvalue weighted by Gasteiger charge is 2.18. The Bertz CT molecular complexity index is 412. The third-order valence-corrected chi connectivity index (χ3v) is 2.95. The molecule has 2 rings (SSSR count). The van der Waals surface area contributed by atoms with E-state index < -0.39 is 0 Å². The SMILES string of the molecule is CN1CCC(Oc2cnc(C(N)=NO)cn2)CC1. The Balaban J connectivity index is 1.94. The lowest BCUT2D eigenvalue weighted by atomic mass is 10.1. The fraction of sp³-hybridized carbons (Fsp3) is 0.545. The van der Waals surface area contributed by atoms with Gasteiger partial charge in [0.05, 0.1) is 12.4 Å². The van der Waals surface area contributed by atoms with Gasteiger partial charge in [-0.1, -0.05) is 5.16 Å². The van der Waals surface area contributed by atoms with Gasteiger partial charge < -0.3 is 20.6 Å². The van der Waals surface area contributed by atoms with Crippen LogP contribution in [0, 0.1) is 0 Å². The first-order valence-electron chi connectivity index (χ1n) is 5.84. The van der Waals surface area contributed by atoms with E-state index in [-0.39, 0.29) is 11.9 Å². The first-order chi connectivity index (χ1) is 8.69. The zero-order valence-electron chi connectivity index (χ0n) is 10.3. The van der Waals surface area contributed by atoms with Gasteiger partial charge in [-0.2, -0.15) is 0 Å². The van der Waals surface area contributed by atoms with Crippen molar-refractivity contribution in [3.63, 3.8) is 0 Å². The van der Waals surface area contributed by atoms with Crippen LogP contribution in [0.3, 0.4) is 0 Å². The molecule has 1 saturated heterocycles. The minimum Gasteiger partial charge on any atom is -0.473 e. The summed E-state index contributed by atoms with van der Waals surface area (Å²) >= 11 is 0. The lowest BCUT2D eigenvalue weighted by Crippen LogP contribution is -2.35. The van der Waals surface area contributed by atoms with Crippen LogP contribution in [0.1, 0.15) is 18.5 Å². The molecule has 98 valence electrons. The number of hydrogen-bond donors (Lipinski definition) is 2. The third kappa shape index (κ3) is 3.07. The molecule has 1 fully saturated rings. The van der Waals surface area contributed by atoms with Gasteiger partial charge in [0.25, 0.3) is 0 Å². The second kappa shape index (κ2) is 5.63. The number of oxime groups is 1. The normalized spacial score (nSPS) is 18.8. The largest absolute Gasteiger partial charge is 0.473 e. The van der Waals surface area contributed by atoms with Crippen LogP contribution >= 0.6 is 0 Å². The first-order valence-corrected chi connectivity index (χ1v) is 5.84. The number of ether oxygens (including phenoxy) is 1. The number of nitrogens with zero attached hydrogens (tertiary/aromatic N) is 4. The van der Waals surface area contributed by atoms with E-state index in [1.165, 1.54) is 12.4 Å². The molecule has 7 nitrogen and oxygen atoms in total. The standard InChI is InChI=1S/C11H17N5O2/c1-16-4-2-8(3-5-16)18-10-7-13-9(6-14-10)11(12)15-17/h6-8,17H,2-5H2,1H3,(H2,12,15). The van der Waals surface area contributed by atoms with Gasteiger partial charge in [-0.3, -0.25) is 0 Å². The second-order valence-electron chi connectivity index (χ2n) is 4.35. The number of likely N-dealkylation sites (tertiary alicyclic amines) is 1. The van der Waals surface area contributed by atoms with Gasteiger partial charge in [-0.25, -0.2) is 9.97 Å². The van der Waals surface area contributed by atoms with Gasteiger partial charge in [-0.15, -0.1) is 0 Å². The molecule has 0 aliphatic carbocycles. The Morgan fingerprint density at radius 2 is 2.17 bits per heavy atom. The zero-order chi connectivity index (χ0) is 13.0. The molecule has 0 unspecified atom stereocenters. The zero-order valence-corrected chi connectivity index (χ0v) is 10.3. The Morgan fingerprint density at radius 1 is 1.44 bits per heavy atom. The van der Waals surface area contributed by atoms with Crippen LogP contribution in [-0.2, 0) is 0 Å². The maximum Gasteiger partial charge on any atom is 0.232 e. The lowest BCUT2D eigenvalue weighted by molar-refractivity contribution is 0.109. The summed E-state index contributed by atoms with van der Waals surface area (Å²) in [6.45, 7) is 2.06. The van der Waals surface area contributed by atoms with Crippen LogP contribution in [0.25, 0.3) is 0 Å². The number of amidine groups is 1. The van der Waals surface area contributed by atoms with Crippen molar-refractivity contribution in [1.82, 2.24) is 14.9 Å². The molecular weight excluding hydrogens is 234 g/mol. The van der Waals surface area contributed by atoms with E-state index in [2.05, 4.69) is 27.1 Å². The maximum atomic E-state index is 8.50. The average Bonchev–Trinajstić information content (AvgIpc) is 2.41. The number of piperidine rings is 1. The van der Waals surface area contributed by atoms with Crippen molar-refractivity contribution in [3.8, 4) is 5.88 Å². The summed E-state index contributed by atoms with van der Waals surface area (Å²) in [7, 11) is 2.10. The Hall–Kier alpha value is -1.89. The van der Waals surface area contributed by atoms with E-state index in [9.17, 15) is 0 Å². The Morgan fingerprint density at radius 3 is 2.72 bits per heavy atom. The van der Waals surface area contributed by atoms with Crippen molar-refractivity contribution >= 4 is 5.84 Å². The molecule has 0 aromatic carbocycles. The van der Waals surface area contributed by atoms with E-state index in [1.54, 1.807) is 0 Å². The van der Waals surface area contributed by atoms with Crippen LogP contribution in [0.2, 0.25) is 0 Å². The van der Waals surface area contributed by atoms with E-state index >= 15 is 0 Å². The fourth-order valence-electron chi connectivity index (χ4n) is 1.83. The summed E-state index contributed by atoms with van der Waals surface area (Å²) in [6.07, 6.45) is 5.08. The second-order valence-corrected chi connectivity index (χ2v) is 4.35. The van der Waals surface area contributed by atoms with Crippen molar-refractivity contribution in [3.05, 3.63) is 18.1 Å². The maximum absolute atomic E-state index is 8.50. The van der Waals surface area contributed by atoms with Gasteiger partial charge in [0, 0.05) is 13.1 Å². The van der Waals surface area contributed by atoms with E-state index in [4.69, 9.17) is 15.7 Å². The van der Waals surface area contributed by atoms with Gasteiger partial charge in [0.1, 0.15) is 11.8 Å². The highest BCUT2D eigenvalue weighted by atomic mass is 16.5. The predicted octanol–water partition coefficient (Wildman–Crippen LogP) is 0.0441. The third-order valence-electron chi connectivity index (χ3n) is 2.95. The van der Waals surface area contributed by atoms with Gasteiger partial charge in [0.15, 0.2) is 5.84 Å². The average molecular weight is 251 g/mol. The summed E-state index contributed by atoms with van der Waals surface area (Å²) in [6, 6.07) is 0. The highest BCUT2D eigenvalue weighted by Crippen LogP contribution is 2.15. The molecule has 7 heteroatoms. The lowest BCUT2D eigenvalue weighted by Gasteiger charge is -2.28. The van der Waals surface area contributed by atoms with Crippen LogP contribution in [-0.4, -0.2) is 52.2 Å². The fourth-order valence-corrected chi connectivity index (χ4v) is 1.83. The number of aromatic nitrogens is 2. The van der Waals surface area contributed by atoms with Crippen LogP contribution in [0.5, 0.6) is 5.88 Å². The Labute approximate surface area is 105 Å². The number of hydrogen-bond acceptors (Lipinski definition) is 6. The van der Waals surface area contributed by atoms with Crippen molar-refractivity contribution < 1.29 is 9.94 Å². The van der Waals surface area contributed by atoms with Crippen molar-refractivity contribution in [2.75, 3.05) is 20.1 Å². The summed E-state index contributed by atoms with van der Waals surface area (Å²) in [5.41, 5.74) is 5.72. The molecule has 0 amide bonds. The molecule has 1 aliphatic heterocycles. The van der Waals surface area contributed by atoms with Crippen molar-refractivity contribution in [2.24, 2.45) is 10.9 Å². The summed E-state index contributed by atoms with van der Waals surface area (Å²) in [4.78, 5) is 10.4. The van der Waals surface area contributed by atoms with Crippen LogP contribution < -0.4 is 10.5 Å². The summed E-state index contributed by atoms with van der Waals surface area (Å²) in [5.74, 6) is 0.410. The molecule has 18 heavy (non-hydrogen) atoms. The first kappa shape index (κ1) is 12.6.